The van der Waals surface area contributed by atoms with Crippen molar-refractivity contribution in [3.63, 3.8) is 0 Å². The van der Waals surface area contributed by atoms with Gasteiger partial charge in [0.2, 0.25) is 0 Å². The van der Waals surface area contributed by atoms with Gasteiger partial charge in [-0.1, -0.05) is 30.7 Å². The van der Waals surface area contributed by atoms with Gasteiger partial charge in [0.1, 0.15) is 10.7 Å². The van der Waals surface area contributed by atoms with Crippen LogP contribution in [0.1, 0.15) is 61.1 Å². The van der Waals surface area contributed by atoms with Gasteiger partial charge in [-0.15, -0.1) is 11.3 Å². The predicted molar refractivity (Wildman–Crippen MR) is 113 cm³/mol. The molecular weight excluding hydrogens is 378 g/mol. The lowest BCUT2D eigenvalue weighted by molar-refractivity contribution is 0.477. The molecule has 0 saturated heterocycles. The van der Waals surface area contributed by atoms with E-state index in [0.717, 1.165) is 40.1 Å². The van der Waals surface area contributed by atoms with Gasteiger partial charge >= 0.3 is 0 Å². The number of nitrogens with zero attached hydrogens (tertiary/aromatic N) is 1. The van der Waals surface area contributed by atoms with E-state index in [2.05, 4.69) is 24.1 Å². The minimum absolute atomic E-state index is 0.00477. The third-order valence-corrected chi connectivity index (χ3v) is 6.86. The first-order chi connectivity index (χ1) is 12.9. The Morgan fingerprint density at radius 2 is 2.00 bits per heavy atom. The van der Waals surface area contributed by atoms with Crippen LogP contribution in [0.3, 0.4) is 0 Å². The fourth-order valence-corrected chi connectivity index (χ4v) is 5.39. The number of aryl methyl sites for hydroxylation is 1. The summed E-state index contributed by atoms with van der Waals surface area (Å²) in [5, 5.41) is 5.06. The lowest BCUT2D eigenvalue weighted by atomic mass is 9.89. The molecule has 0 unspecified atom stereocenters. The van der Waals surface area contributed by atoms with Gasteiger partial charge in [0.25, 0.3) is 5.56 Å². The maximum absolute atomic E-state index is 12.8. The van der Waals surface area contributed by atoms with Gasteiger partial charge in [-0.3, -0.25) is 4.79 Å². The van der Waals surface area contributed by atoms with E-state index < -0.39 is 0 Å². The fraction of sp³-hybridized carbons (Fsp3) is 0.429. The summed E-state index contributed by atoms with van der Waals surface area (Å²) in [5.41, 5.74) is 2.37. The molecule has 2 heterocycles. The normalized spacial score (nSPS) is 19.0. The third kappa shape index (κ3) is 3.68. The number of halogens is 1. The zero-order valence-corrected chi connectivity index (χ0v) is 17.4. The van der Waals surface area contributed by atoms with Crippen molar-refractivity contribution < 1.29 is 0 Å². The molecule has 3 aromatic rings. The lowest BCUT2D eigenvalue weighted by Crippen LogP contribution is -2.26. The molecule has 4 rings (SSSR count). The van der Waals surface area contributed by atoms with E-state index in [1.807, 2.05) is 31.2 Å². The van der Waals surface area contributed by atoms with Crippen LogP contribution >= 0.6 is 22.9 Å². The molecule has 6 heteroatoms. The molecule has 142 valence electrons. The summed E-state index contributed by atoms with van der Waals surface area (Å²) in [6.45, 7) is 6.41. The first kappa shape index (κ1) is 18.7. The average molecular weight is 402 g/mol. The Morgan fingerprint density at radius 3 is 2.74 bits per heavy atom. The molecule has 0 spiro atoms. The number of nitrogens with one attached hydrogen (secondary N) is 2. The van der Waals surface area contributed by atoms with E-state index in [1.165, 1.54) is 10.4 Å². The van der Waals surface area contributed by atoms with Crippen LogP contribution in [0.15, 0.2) is 29.1 Å². The maximum Gasteiger partial charge on any atom is 0.259 e. The van der Waals surface area contributed by atoms with Gasteiger partial charge in [-0.05, 0) is 62.3 Å². The third-order valence-electron chi connectivity index (χ3n) is 5.46. The molecule has 0 bridgehead atoms. The number of aromatic nitrogens is 2. The van der Waals surface area contributed by atoms with Gasteiger partial charge in [0.15, 0.2) is 0 Å². The number of rotatable bonds is 4. The number of fused-ring (bicyclic) bond motifs is 3. The molecule has 2 aromatic heterocycles. The topological polar surface area (TPSA) is 57.8 Å². The van der Waals surface area contributed by atoms with E-state index in [-0.39, 0.29) is 17.6 Å². The Hall–Kier alpha value is -1.69. The lowest BCUT2D eigenvalue weighted by Gasteiger charge is -2.20. The Morgan fingerprint density at radius 1 is 1.26 bits per heavy atom. The van der Waals surface area contributed by atoms with Crippen LogP contribution in [0.5, 0.6) is 0 Å². The van der Waals surface area contributed by atoms with Gasteiger partial charge < -0.3 is 10.3 Å². The predicted octanol–water partition coefficient (Wildman–Crippen LogP) is 5.17. The Bertz CT molecular complexity index is 1020. The second-order valence-corrected chi connectivity index (χ2v) is 9.16. The summed E-state index contributed by atoms with van der Waals surface area (Å²) < 4.78 is 0. The minimum Gasteiger partial charge on any atom is -0.309 e. The molecule has 0 radical (unpaired) electrons. The van der Waals surface area contributed by atoms with Crippen molar-refractivity contribution in [3.8, 4) is 0 Å². The number of hydrogen-bond acceptors (Lipinski definition) is 4. The van der Waals surface area contributed by atoms with Crippen molar-refractivity contribution >= 4 is 33.2 Å². The van der Waals surface area contributed by atoms with Crippen molar-refractivity contribution in [1.82, 2.24) is 15.3 Å². The highest BCUT2D eigenvalue weighted by Gasteiger charge is 2.24. The van der Waals surface area contributed by atoms with E-state index in [0.29, 0.717) is 11.7 Å². The summed E-state index contributed by atoms with van der Waals surface area (Å²) in [5.74, 6) is 1.38. The van der Waals surface area contributed by atoms with E-state index in [4.69, 9.17) is 16.6 Å². The fourth-order valence-electron chi connectivity index (χ4n) is 3.87. The molecule has 1 aliphatic carbocycles. The molecular formula is C21H24ClN3OS. The van der Waals surface area contributed by atoms with Crippen LogP contribution < -0.4 is 10.9 Å². The highest BCUT2D eigenvalue weighted by atomic mass is 35.5. The van der Waals surface area contributed by atoms with Gasteiger partial charge in [-0.25, -0.2) is 4.98 Å². The molecule has 3 atom stereocenters. The van der Waals surface area contributed by atoms with E-state index in [9.17, 15) is 4.79 Å². The van der Waals surface area contributed by atoms with Gasteiger partial charge in [-0.2, -0.15) is 0 Å². The Balaban J connectivity index is 1.61. The summed E-state index contributed by atoms with van der Waals surface area (Å²) in [6, 6.07) is 7.87. The van der Waals surface area contributed by atoms with Crippen LogP contribution in [0.2, 0.25) is 5.02 Å². The zero-order valence-electron chi connectivity index (χ0n) is 15.8. The van der Waals surface area contributed by atoms with Gasteiger partial charge in [0, 0.05) is 15.9 Å². The smallest absolute Gasteiger partial charge is 0.259 e. The number of H-pyrrole nitrogens is 1. The van der Waals surface area contributed by atoms with E-state index >= 15 is 0 Å². The molecule has 0 fully saturated rings. The van der Waals surface area contributed by atoms with Crippen molar-refractivity contribution in [1.29, 1.82) is 0 Å². The van der Waals surface area contributed by atoms with Crippen LogP contribution in [0.25, 0.3) is 10.2 Å². The van der Waals surface area contributed by atoms with Crippen LogP contribution in [0.4, 0.5) is 0 Å². The van der Waals surface area contributed by atoms with Gasteiger partial charge in [0.05, 0.1) is 11.4 Å². The molecule has 2 N–H and O–H groups in total. The standard InChI is InChI=1S/C21H24ClN3OS/c1-11-4-9-16-17(10-11)27-21-18(16)20(26)24-19(25-21)13(3)23-12(2)14-5-7-15(22)8-6-14/h5-8,11-13,23H,4,9-10H2,1-3H3,(H,24,25,26)/t11-,12-,13+/m0/s1. The largest absolute Gasteiger partial charge is 0.309 e. The highest BCUT2D eigenvalue weighted by Crippen LogP contribution is 2.35. The summed E-state index contributed by atoms with van der Waals surface area (Å²) >= 11 is 7.67. The molecule has 0 amide bonds. The van der Waals surface area contributed by atoms with Crippen LogP contribution in [-0.2, 0) is 12.8 Å². The first-order valence-corrected chi connectivity index (χ1v) is 10.7. The average Bonchev–Trinajstić information content (AvgIpc) is 2.99. The molecule has 1 aromatic carbocycles. The van der Waals surface area contributed by atoms with Crippen LogP contribution in [-0.4, -0.2) is 9.97 Å². The number of benzene rings is 1. The SMILES string of the molecule is C[C@H]1CCc2c(sc3nc([C@@H](C)N[C@@H](C)c4ccc(Cl)cc4)[nH]c(=O)c23)C1. The molecule has 27 heavy (non-hydrogen) atoms. The van der Waals surface area contributed by atoms with Crippen molar-refractivity contribution in [2.24, 2.45) is 5.92 Å². The Kier molecular flexibility index (Phi) is 5.10. The van der Waals surface area contributed by atoms with Crippen LogP contribution in [0, 0.1) is 5.92 Å². The monoisotopic (exact) mass is 401 g/mol. The Labute approximate surface area is 168 Å². The van der Waals surface area contributed by atoms with E-state index in [1.54, 1.807) is 11.3 Å². The van der Waals surface area contributed by atoms with Crippen molar-refractivity contribution in [2.75, 3.05) is 0 Å². The summed E-state index contributed by atoms with van der Waals surface area (Å²) in [4.78, 5) is 22.8. The number of thiophene rings is 1. The summed E-state index contributed by atoms with van der Waals surface area (Å²) in [7, 11) is 0. The molecule has 4 nitrogen and oxygen atoms in total. The first-order valence-electron chi connectivity index (χ1n) is 9.48. The van der Waals surface area contributed by atoms with Crippen molar-refractivity contribution in [3.05, 3.63) is 61.5 Å². The highest BCUT2D eigenvalue weighted by molar-refractivity contribution is 7.18. The number of hydrogen-bond donors (Lipinski definition) is 2. The number of aromatic amines is 1. The minimum atomic E-state index is -0.0640. The summed E-state index contributed by atoms with van der Waals surface area (Å²) in [6.07, 6.45) is 3.20. The second-order valence-electron chi connectivity index (χ2n) is 7.64. The maximum atomic E-state index is 12.8. The molecule has 0 aliphatic heterocycles. The second kappa shape index (κ2) is 7.38. The quantitative estimate of drug-likeness (QED) is 0.633. The molecule has 1 aliphatic rings. The molecule has 0 saturated carbocycles. The van der Waals surface area contributed by atoms with Crippen molar-refractivity contribution in [2.45, 2.75) is 52.1 Å². The zero-order chi connectivity index (χ0) is 19.1.